The molecule has 0 aliphatic carbocycles. The standard InChI is InChI=1S/C22H27N7O4S2/c1-14-5-7-19(10-20(14)34(23,30)31)26-22-24-11-15(2)21(27-22)25-18-8-6-16-12-29(13-17(16)9-18)35(32,33)28(3)4/h5-11H,12-13H2,1-4H3,(H2,23,30,31)(H2,24,25,26,27). The quantitative estimate of drug-likeness (QED) is 0.432. The molecule has 0 fully saturated rings. The summed E-state index contributed by atoms with van der Waals surface area (Å²) in [7, 11) is -4.34. The van der Waals surface area contributed by atoms with Crippen LogP contribution in [-0.4, -0.2) is 49.5 Å². The predicted octanol–water partition coefficient (Wildman–Crippen LogP) is 2.35. The lowest BCUT2D eigenvalue weighted by Gasteiger charge is -2.20. The molecule has 11 nitrogen and oxygen atoms in total. The molecule has 1 aromatic heterocycles. The largest absolute Gasteiger partial charge is 0.340 e. The van der Waals surface area contributed by atoms with Crippen LogP contribution in [0.15, 0.2) is 47.5 Å². The Balaban J connectivity index is 1.55. The second-order valence-corrected chi connectivity index (χ2v) is 12.2. The first-order valence-electron chi connectivity index (χ1n) is 10.6. The van der Waals surface area contributed by atoms with Crippen LogP contribution in [0.2, 0.25) is 0 Å². The topological polar surface area (TPSA) is 151 Å². The van der Waals surface area contributed by atoms with Crippen molar-refractivity contribution in [2.45, 2.75) is 31.8 Å². The van der Waals surface area contributed by atoms with Crippen molar-refractivity contribution >= 4 is 43.4 Å². The maximum Gasteiger partial charge on any atom is 0.282 e. The highest BCUT2D eigenvalue weighted by Crippen LogP contribution is 2.30. The molecule has 4 rings (SSSR count). The van der Waals surface area contributed by atoms with Gasteiger partial charge in [-0.3, -0.25) is 0 Å². The zero-order valence-electron chi connectivity index (χ0n) is 19.8. The van der Waals surface area contributed by atoms with Crippen LogP contribution < -0.4 is 15.8 Å². The molecule has 0 amide bonds. The van der Waals surface area contributed by atoms with E-state index in [4.69, 9.17) is 5.14 Å². The minimum atomic E-state index is -3.86. The molecule has 0 spiro atoms. The number of hydrogen-bond acceptors (Lipinski definition) is 8. The third kappa shape index (κ3) is 5.28. The molecule has 4 N–H and O–H groups in total. The van der Waals surface area contributed by atoms with E-state index in [0.29, 0.717) is 30.2 Å². The van der Waals surface area contributed by atoms with Crippen molar-refractivity contribution in [3.63, 3.8) is 0 Å². The third-order valence-corrected chi connectivity index (χ3v) is 8.56. The van der Waals surface area contributed by atoms with Crippen LogP contribution in [0.25, 0.3) is 0 Å². The molecule has 2 aromatic carbocycles. The van der Waals surface area contributed by atoms with Crippen molar-refractivity contribution in [2.75, 3.05) is 24.7 Å². The Bertz CT molecular complexity index is 1510. The first-order valence-corrected chi connectivity index (χ1v) is 13.6. The fraction of sp³-hybridized carbons (Fsp3) is 0.273. The van der Waals surface area contributed by atoms with Crippen molar-refractivity contribution in [1.29, 1.82) is 0 Å². The van der Waals surface area contributed by atoms with E-state index in [1.54, 1.807) is 25.3 Å². The van der Waals surface area contributed by atoms with E-state index in [9.17, 15) is 16.8 Å². The number of primary sulfonamides is 1. The van der Waals surface area contributed by atoms with E-state index in [0.717, 1.165) is 22.4 Å². The summed E-state index contributed by atoms with van der Waals surface area (Å²) in [6.07, 6.45) is 1.64. The molecule has 1 aliphatic heterocycles. The van der Waals surface area contributed by atoms with Crippen LogP contribution in [0.3, 0.4) is 0 Å². The molecular formula is C22H27N7O4S2. The molecule has 0 saturated heterocycles. The number of aromatic nitrogens is 2. The number of nitrogens with zero attached hydrogens (tertiary/aromatic N) is 4. The van der Waals surface area contributed by atoms with Crippen molar-refractivity contribution in [3.8, 4) is 0 Å². The van der Waals surface area contributed by atoms with Crippen molar-refractivity contribution < 1.29 is 16.8 Å². The highest BCUT2D eigenvalue weighted by Gasteiger charge is 2.30. The number of sulfonamides is 1. The van der Waals surface area contributed by atoms with Gasteiger partial charge < -0.3 is 10.6 Å². The lowest BCUT2D eigenvalue weighted by molar-refractivity contribution is 0.388. The molecular weight excluding hydrogens is 490 g/mol. The van der Waals surface area contributed by atoms with Crippen LogP contribution in [0.4, 0.5) is 23.1 Å². The zero-order valence-corrected chi connectivity index (χ0v) is 21.4. The van der Waals surface area contributed by atoms with Gasteiger partial charge in [-0.2, -0.15) is 22.0 Å². The van der Waals surface area contributed by atoms with Gasteiger partial charge in [0.1, 0.15) is 5.82 Å². The molecule has 2 heterocycles. The smallest absolute Gasteiger partial charge is 0.282 e. The second kappa shape index (κ2) is 9.17. The van der Waals surface area contributed by atoms with Crippen molar-refractivity contribution in [3.05, 3.63) is 64.8 Å². The summed E-state index contributed by atoms with van der Waals surface area (Å²) >= 11 is 0. The average molecular weight is 518 g/mol. The van der Waals surface area contributed by atoms with E-state index >= 15 is 0 Å². The Labute approximate surface area is 205 Å². The number of nitrogens with one attached hydrogen (secondary N) is 2. The van der Waals surface area contributed by atoms with E-state index in [1.807, 2.05) is 25.1 Å². The van der Waals surface area contributed by atoms with E-state index < -0.39 is 20.2 Å². The van der Waals surface area contributed by atoms with Gasteiger partial charge in [0, 0.05) is 50.3 Å². The highest BCUT2D eigenvalue weighted by molar-refractivity contribution is 7.89. The highest BCUT2D eigenvalue weighted by atomic mass is 32.2. The third-order valence-electron chi connectivity index (χ3n) is 5.67. The molecule has 0 atom stereocenters. The normalized spacial score (nSPS) is 14.2. The first kappa shape index (κ1) is 25.0. The summed E-state index contributed by atoms with van der Waals surface area (Å²) in [6, 6.07) is 10.5. The van der Waals surface area contributed by atoms with Crippen LogP contribution >= 0.6 is 0 Å². The van der Waals surface area contributed by atoms with E-state index in [2.05, 4.69) is 20.6 Å². The van der Waals surface area contributed by atoms with Crippen LogP contribution in [0.5, 0.6) is 0 Å². The minimum absolute atomic E-state index is 0.0245. The monoisotopic (exact) mass is 517 g/mol. The summed E-state index contributed by atoms with van der Waals surface area (Å²) in [6.45, 7) is 4.14. The van der Waals surface area contributed by atoms with Crippen LogP contribution in [-0.2, 0) is 33.3 Å². The Morgan fingerprint density at radius 2 is 1.57 bits per heavy atom. The summed E-state index contributed by atoms with van der Waals surface area (Å²) in [4.78, 5) is 8.83. The fourth-order valence-electron chi connectivity index (χ4n) is 3.71. The molecule has 3 aromatic rings. The SMILES string of the molecule is Cc1ccc(Nc2ncc(C)c(Nc3ccc4c(c3)CN(S(=O)(=O)N(C)C)C4)n2)cc1S(N)(=O)=O. The molecule has 0 radical (unpaired) electrons. The van der Waals surface area contributed by atoms with Gasteiger partial charge in [-0.1, -0.05) is 12.1 Å². The second-order valence-electron chi connectivity index (χ2n) is 8.54. The van der Waals surface area contributed by atoms with Gasteiger partial charge in [-0.25, -0.2) is 18.5 Å². The molecule has 1 aliphatic rings. The number of hydrogen-bond donors (Lipinski definition) is 3. The van der Waals surface area contributed by atoms with Crippen LogP contribution in [0.1, 0.15) is 22.3 Å². The average Bonchev–Trinajstić information content (AvgIpc) is 3.21. The van der Waals surface area contributed by atoms with Crippen molar-refractivity contribution in [1.82, 2.24) is 18.6 Å². The zero-order chi connectivity index (χ0) is 25.5. The fourth-order valence-corrected chi connectivity index (χ4v) is 5.59. The molecule has 0 bridgehead atoms. The molecule has 0 saturated carbocycles. The van der Waals surface area contributed by atoms with Gasteiger partial charge in [0.25, 0.3) is 10.2 Å². The van der Waals surface area contributed by atoms with Crippen LogP contribution in [0, 0.1) is 13.8 Å². The van der Waals surface area contributed by atoms with Gasteiger partial charge in [0.15, 0.2) is 0 Å². The number of fused-ring (bicyclic) bond motifs is 1. The minimum Gasteiger partial charge on any atom is -0.340 e. The van der Waals surface area contributed by atoms with E-state index in [1.165, 1.54) is 28.8 Å². The number of rotatable bonds is 7. The number of benzene rings is 2. The lowest BCUT2D eigenvalue weighted by atomic mass is 10.1. The molecule has 35 heavy (non-hydrogen) atoms. The molecule has 13 heteroatoms. The van der Waals surface area contributed by atoms with E-state index in [-0.39, 0.29) is 10.8 Å². The summed E-state index contributed by atoms with van der Waals surface area (Å²) < 4.78 is 51.2. The van der Waals surface area contributed by atoms with Gasteiger partial charge >= 0.3 is 0 Å². The summed E-state index contributed by atoms with van der Waals surface area (Å²) in [5.74, 6) is 0.823. The van der Waals surface area contributed by atoms with Gasteiger partial charge in [-0.15, -0.1) is 0 Å². The summed E-state index contributed by atoms with van der Waals surface area (Å²) in [5.41, 5.74) is 4.44. The maximum atomic E-state index is 12.5. The Morgan fingerprint density at radius 1 is 0.914 bits per heavy atom. The molecule has 186 valence electrons. The Hall–Kier alpha value is -3.10. The summed E-state index contributed by atoms with van der Waals surface area (Å²) in [5, 5.41) is 11.6. The first-order chi connectivity index (χ1) is 16.3. The maximum absolute atomic E-state index is 12.5. The lowest BCUT2D eigenvalue weighted by Crippen LogP contribution is -2.36. The van der Waals surface area contributed by atoms with Gasteiger partial charge in [0.05, 0.1) is 4.90 Å². The van der Waals surface area contributed by atoms with Gasteiger partial charge in [-0.05, 0) is 54.8 Å². The van der Waals surface area contributed by atoms with Crippen molar-refractivity contribution in [2.24, 2.45) is 5.14 Å². The number of aryl methyl sites for hydroxylation is 2. The number of nitrogens with two attached hydrogens (primary N) is 1. The Kier molecular flexibility index (Phi) is 6.55. The molecule has 0 unspecified atom stereocenters. The van der Waals surface area contributed by atoms with Gasteiger partial charge in [0.2, 0.25) is 16.0 Å². The predicted molar refractivity (Wildman–Crippen MR) is 134 cm³/mol. The Morgan fingerprint density at radius 3 is 2.26 bits per heavy atom. The number of anilines is 4.